The molecule has 23 heavy (non-hydrogen) atoms. The van der Waals surface area contributed by atoms with Crippen LogP contribution in [0, 0.1) is 11.8 Å². The van der Waals surface area contributed by atoms with Crippen molar-refractivity contribution in [2.24, 2.45) is 11.8 Å². The van der Waals surface area contributed by atoms with Gasteiger partial charge in [0.05, 0.1) is 16.5 Å². The number of alkyl halides is 2. The molecule has 0 aliphatic rings. The maximum atomic E-state index is 10.9. The molecule has 1 N–H and O–H groups in total. The Bertz CT molecular complexity index is 379. The molecule has 0 bridgehead atoms. The van der Waals surface area contributed by atoms with Crippen LogP contribution in [0.1, 0.15) is 55.4 Å². The van der Waals surface area contributed by atoms with Gasteiger partial charge < -0.3 is 5.11 Å². The lowest BCUT2D eigenvalue weighted by molar-refractivity contribution is -0.120. The first-order valence-corrected chi connectivity index (χ1v) is 8.34. The highest BCUT2D eigenvalue weighted by atomic mass is 35.5. The minimum absolute atomic E-state index is 0.0191. The number of rotatable bonds is 5. The fraction of sp³-hybridized carbons (Fsp3) is 0.706. The molecule has 0 aliphatic heterocycles. The first-order valence-electron chi connectivity index (χ1n) is 7.47. The van der Waals surface area contributed by atoms with E-state index in [9.17, 15) is 14.4 Å². The number of hydrogen-bond donors (Lipinski definition) is 1. The second-order valence-electron chi connectivity index (χ2n) is 5.73. The Morgan fingerprint density at radius 1 is 0.783 bits per heavy atom. The van der Waals surface area contributed by atoms with Crippen molar-refractivity contribution in [2.45, 2.75) is 66.1 Å². The summed E-state index contributed by atoms with van der Waals surface area (Å²) >= 11 is 10.7. The van der Waals surface area contributed by atoms with E-state index in [0.29, 0.717) is 0 Å². The molecule has 0 aliphatic carbocycles. The van der Waals surface area contributed by atoms with Crippen molar-refractivity contribution in [1.29, 1.82) is 0 Å². The van der Waals surface area contributed by atoms with E-state index in [1.54, 1.807) is 34.6 Å². The molecule has 0 amide bonds. The predicted molar refractivity (Wildman–Crippen MR) is 97.4 cm³/mol. The van der Waals surface area contributed by atoms with Gasteiger partial charge in [-0.05, 0) is 27.7 Å². The van der Waals surface area contributed by atoms with Crippen molar-refractivity contribution in [1.82, 2.24) is 0 Å². The van der Waals surface area contributed by atoms with Gasteiger partial charge in [0, 0.05) is 17.9 Å². The van der Waals surface area contributed by atoms with Gasteiger partial charge in [0.2, 0.25) is 0 Å². The molecule has 0 spiro atoms. The highest BCUT2D eigenvalue weighted by Crippen LogP contribution is 2.07. The van der Waals surface area contributed by atoms with Crippen molar-refractivity contribution in [3.8, 4) is 0 Å². The summed E-state index contributed by atoms with van der Waals surface area (Å²) in [5.41, 5.74) is 0. The van der Waals surface area contributed by atoms with Crippen molar-refractivity contribution in [2.75, 3.05) is 0 Å². The monoisotopic (exact) mass is 368 g/mol. The fourth-order valence-electron chi connectivity index (χ4n) is 0.427. The van der Waals surface area contributed by atoms with E-state index in [2.05, 4.69) is 0 Å². The van der Waals surface area contributed by atoms with E-state index < -0.39 is 5.38 Å². The summed E-state index contributed by atoms with van der Waals surface area (Å²) in [6, 6.07) is 0. The van der Waals surface area contributed by atoms with Crippen LogP contribution in [0.25, 0.3) is 0 Å². The molecule has 0 rings (SSSR count). The zero-order chi connectivity index (χ0) is 19.3. The number of halogens is 2. The zero-order valence-corrected chi connectivity index (χ0v) is 16.8. The maximum Gasteiger partial charge on any atom is 0.176 e. The smallest absolute Gasteiger partial charge is 0.176 e. The lowest BCUT2D eigenvalue weighted by atomic mass is 10.1. The van der Waals surface area contributed by atoms with Gasteiger partial charge in [0.25, 0.3) is 0 Å². The molecular weight excluding hydrogens is 339 g/mol. The Kier molecular flexibility index (Phi) is 17.3. The Hall–Kier alpha value is -0.870. The van der Waals surface area contributed by atoms with Gasteiger partial charge in [-0.25, -0.2) is 0 Å². The van der Waals surface area contributed by atoms with Gasteiger partial charge >= 0.3 is 0 Å². The van der Waals surface area contributed by atoms with Crippen molar-refractivity contribution in [3.63, 3.8) is 0 Å². The molecule has 2 atom stereocenters. The zero-order valence-electron chi connectivity index (χ0n) is 15.3. The normalized spacial score (nSPS) is 13.3. The maximum absolute atomic E-state index is 10.9. The molecule has 0 radical (unpaired) electrons. The number of ketones is 3. The molecule has 0 heterocycles. The number of Topliss-reactive ketones (excluding diaryl/α,β-unsaturated/α-hetero) is 2. The largest absolute Gasteiger partial charge is 0.512 e. The molecule has 0 aromatic carbocycles. The molecule has 2 unspecified atom stereocenters. The lowest BCUT2D eigenvalue weighted by Crippen LogP contribution is -2.08. The molecular formula is C17H30Cl2O4. The van der Waals surface area contributed by atoms with Gasteiger partial charge in [-0.15, -0.1) is 23.2 Å². The highest BCUT2D eigenvalue weighted by molar-refractivity contribution is 6.32. The summed E-state index contributed by atoms with van der Waals surface area (Å²) in [7, 11) is 0. The van der Waals surface area contributed by atoms with Crippen LogP contribution in [0.2, 0.25) is 0 Å². The summed E-state index contributed by atoms with van der Waals surface area (Å²) in [6.45, 7) is 13.7. The molecule has 0 saturated heterocycles. The van der Waals surface area contributed by atoms with Crippen LogP contribution in [0.4, 0.5) is 0 Å². The van der Waals surface area contributed by atoms with Crippen LogP contribution in [0.5, 0.6) is 0 Å². The number of allylic oxidation sites excluding steroid dienone is 2. The predicted octanol–water partition coefficient (Wildman–Crippen LogP) is 4.71. The first kappa shape index (κ1) is 27.0. The van der Waals surface area contributed by atoms with Crippen molar-refractivity contribution >= 4 is 40.6 Å². The van der Waals surface area contributed by atoms with Gasteiger partial charge in [-0.2, -0.15) is 0 Å². The highest BCUT2D eigenvalue weighted by Gasteiger charge is 2.08. The Balaban J connectivity index is -0.000000284. The summed E-state index contributed by atoms with van der Waals surface area (Å²) in [5.74, 6) is 0.311. The van der Waals surface area contributed by atoms with E-state index in [-0.39, 0.29) is 40.3 Å². The third kappa shape index (κ3) is 21.1. The average molecular weight is 369 g/mol. The Labute approximate surface area is 150 Å². The van der Waals surface area contributed by atoms with E-state index in [1.165, 1.54) is 13.0 Å². The van der Waals surface area contributed by atoms with Crippen molar-refractivity contribution in [3.05, 3.63) is 11.8 Å². The second kappa shape index (κ2) is 14.7. The van der Waals surface area contributed by atoms with Gasteiger partial charge in [0.15, 0.2) is 5.78 Å². The summed E-state index contributed by atoms with van der Waals surface area (Å²) in [5, 5.41) is 8.25. The summed E-state index contributed by atoms with van der Waals surface area (Å²) < 4.78 is 0. The van der Waals surface area contributed by atoms with E-state index in [1.807, 2.05) is 13.8 Å². The molecule has 0 fully saturated rings. The van der Waals surface area contributed by atoms with Crippen molar-refractivity contribution < 1.29 is 19.5 Å². The SMILES string of the molecule is CC(=O)C(C)C.CC(=O)C(C)Cl.CC(Cl)C(=O)/C=C(\O)C(C)C. The quantitative estimate of drug-likeness (QED) is 0.433. The third-order valence-corrected chi connectivity index (χ3v) is 3.17. The molecule has 6 heteroatoms. The fourth-order valence-corrected chi connectivity index (χ4v) is 0.490. The third-order valence-electron chi connectivity index (χ3n) is 2.65. The van der Waals surface area contributed by atoms with Crippen LogP contribution >= 0.6 is 23.2 Å². The number of aliphatic hydroxyl groups excluding tert-OH is 1. The van der Waals surface area contributed by atoms with E-state index in [0.717, 1.165) is 0 Å². The minimum atomic E-state index is -0.559. The standard InChI is InChI=1S/C8H13ClO2.C5H10O.C4H7ClO/c1-5(2)7(10)4-8(11)6(3)9;1-4(2)5(3)6;1-3(5)4(2)6/h4-6,10H,1-3H3;4H,1-3H3;3H,1-2H3/b7-4-;;. The van der Waals surface area contributed by atoms with Gasteiger partial charge in [0.1, 0.15) is 11.6 Å². The van der Waals surface area contributed by atoms with E-state index in [4.69, 9.17) is 28.3 Å². The lowest BCUT2D eigenvalue weighted by Gasteiger charge is -2.02. The van der Waals surface area contributed by atoms with Crippen LogP contribution in [-0.4, -0.2) is 33.2 Å². The van der Waals surface area contributed by atoms with Crippen LogP contribution in [-0.2, 0) is 14.4 Å². The molecule has 0 saturated carbocycles. The number of hydrogen-bond acceptors (Lipinski definition) is 4. The summed E-state index contributed by atoms with van der Waals surface area (Å²) in [6.07, 6.45) is 1.18. The summed E-state index contributed by atoms with van der Waals surface area (Å²) in [4.78, 5) is 31.0. The van der Waals surface area contributed by atoms with Crippen LogP contribution in [0.15, 0.2) is 11.8 Å². The minimum Gasteiger partial charge on any atom is -0.512 e. The van der Waals surface area contributed by atoms with E-state index >= 15 is 0 Å². The molecule has 0 aromatic heterocycles. The second-order valence-corrected chi connectivity index (χ2v) is 7.04. The molecule has 0 aromatic rings. The van der Waals surface area contributed by atoms with Crippen LogP contribution in [0.3, 0.4) is 0 Å². The number of carbonyl (C=O) groups excluding carboxylic acids is 3. The van der Waals surface area contributed by atoms with Crippen LogP contribution < -0.4 is 0 Å². The first-order chi connectivity index (χ1) is 10.2. The van der Waals surface area contributed by atoms with Gasteiger partial charge in [-0.3, -0.25) is 14.4 Å². The number of aliphatic hydroxyl groups is 1. The molecule has 136 valence electrons. The van der Waals surface area contributed by atoms with Gasteiger partial charge in [-0.1, -0.05) is 27.7 Å². The molecule has 4 nitrogen and oxygen atoms in total. The number of carbonyl (C=O) groups is 3. The Morgan fingerprint density at radius 3 is 1.22 bits per heavy atom. The topological polar surface area (TPSA) is 71.4 Å². The Morgan fingerprint density at radius 2 is 1.09 bits per heavy atom. The average Bonchev–Trinajstić information content (AvgIpc) is 2.39.